The molecule has 2 aromatic heterocycles. The average molecular weight is 502 g/mol. The molecule has 2 aliphatic heterocycles. The van der Waals surface area contributed by atoms with Gasteiger partial charge in [-0.15, -0.1) is 0 Å². The van der Waals surface area contributed by atoms with Gasteiger partial charge >= 0.3 is 0 Å². The molecule has 0 spiro atoms. The maximum atomic E-state index is 6.27. The first kappa shape index (κ1) is 23.1. The molecule has 7 heteroatoms. The van der Waals surface area contributed by atoms with Gasteiger partial charge in [0.1, 0.15) is 11.5 Å². The number of likely N-dealkylation sites (tertiary alicyclic amines) is 1. The molecule has 0 amide bonds. The zero-order valence-electron chi connectivity index (χ0n) is 20.2. The fraction of sp³-hybridized carbons (Fsp3) is 0.310. The number of pyridine rings is 1. The zero-order valence-corrected chi connectivity index (χ0v) is 21.0. The number of hydrogen-bond donors (Lipinski definition) is 0. The van der Waals surface area contributed by atoms with Crippen molar-refractivity contribution in [1.82, 2.24) is 15.0 Å². The highest BCUT2D eigenvalue weighted by atomic mass is 35.5. The van der Waals surface area contributed by atoms with Gasteiger partial charge in [-0.25, -0.2) is 4.98 Å². The lowest BCUT2D eigenvalue weighted by Crippen LogP contribution is -2.33. The first-order valence-corrected chi connectivity index (χ1v) is 12.8. The van der Waals surface area contributed by atoms with Crippen molar-refractivity contribution in [3.63, 3.8) is 0 Å². The number of hydrogen-bond acceptors (Lipinski definition) is 6. The van der Waals surface area contributed by atoms with Crippen LogP contribution in [0.5, 0.6) is 17.4 Å². The minimum Gasteiger partial charge on any atom is -0.496 e. The van der Waals surface area contributed by atoms with Crippen LogP contribution in [0, 0.1) is 0 Å². The van der Waals surface area contributed by atoms with E-state index in [9.17, 15) is 0 Å². The van der Waals surface area contributed by atoms with Crippen molar-refractivity contribution < 1.29 is 14.0 Å². The number of ether oxygens (including phenoxy) is 2. The van der Waals surface area contributed by atoms with Crippen LogP contribution >= 0.6 is 11.6 Å². The summed E-state index contributed by atoms with van der Waals surface area (Å²) in [4.78, 5) is 7.04. The molecule has 184 valence electrons. The predicted molar refractivity (Wildman–Crippen MR) is 141 cm³/mol. The molecule has 6 rings (SSSR count). The smallest absolute Gasteiger partial charge is 0.226 e. The van der Waals surface area contributed by atoms with Crippen LogP contribution in [-0.4, -0.2) is 41.8 Å². The molecule has 2 aromatic carbocycles. The van der Waals surface area contributed by atoms with Crippen LogP contribution in [0.25, 0.3) is 16.5 Å². The van der Waals surface area contributed by atoms with Crippen molar-refractivity contribution in [1.29, 1.82) is 0 Å². The Hall–Kier alpha value is -3.35. The largest absolute Gasteiger partial charge is 0.496 e. The van der Waals surface area contributed by atoms with E-state index in [1.165, 1.54) is 5.57 Å². The minimum atomic E-state index is 0.403. The Morgan fingerprint density at radius 2 is 1.97 bits per heavy atom. The highest BCUT2D eigenvalue weighted by molar-refractivity contribution is 6.34. The second-order valence-electron chi connectivity index (χ2n) is 9.39. The third-order valence-corrected chi connectivity index (χ3v) is 7.59. The molecule has 0 bridgehead atoms. The summed E-state index contributed by atoms with van der Waals surface area (Å²) >= 11 is 6.27. The Morgan fingerprint density at radius 3 is 2.83 bits per heavy atom. The zero-order chi connectivity index (χ0) is 24.5. The van der Waals surface area contributed by atoms with Gasteiger partial charge in [0.25, 0.3) is 0 Å². The van der Waals surface area contributed by atoms with E-state index in [1.807, 2.05) is 36.4 Å². The van der Waals surface area contributed by atoms with Crippen LogP contribution in [0.15, 0.2) is 65.3 Å². The van der Waals surface area contributed by atoms with Crippen LogP contribution < -0.4 is 9.47 Å². The molecule has 2 aliphatic rings. The van der Waals surface area contributed by atoms with E-state index in [-0.39, 0.29) is 0 Å². The fourth-order valence-electron chi connectivity index (χ4n) is 5.39. The van der Waals surface area contributed by atoms with Crippen molar-refractivity contribution in [3.05, 3.63) is 82.6 Å². The van der Waals surface area contributed by atoms with E-state index in [1.54, 1.807) is 13.3 Å². The van der Waals surface area contributed by atoms with Crippen molar-refractivity contribution in [2.24, 2.45) is 0 Å². The highest BCUT2D eigenvalue weighted by Crippen LogP contribution is 2.41. The summed E-state index contributed by atoms with van der Waals surface area (Å²) in [7, 11) is 1.70. The van der Waals surface area contributed by atoms with Gasteiger partial charge in [-0.2, -0.15) is 0 Å². The monoisotopic (exact) mass is 501 g/mol. The predicted octanol–water partition coefficient (Wildman–Crippen LogP) is 6.89. The highest BCUT2D eigenvalue weighted by Gasteiger charge is 2.26. The van der Waals surface area contributed by atoms with Gasteiger partial charge in [0.2, 0.25) is 5.88 Å². The molecule has 0 unspecified atom stereocenters. The summed E-state index contributed by atoms with van der Waals surface area (Å²) < 4.78 is 17.4. The molecule has 0 aliphatic carbocycles. The molecule has 4 heterocycles. The van der Waals surface area contributed by atoms with E-state index in [0.29, 0.717) is 22.4 Å². The third kappa shape index (κ3) is 4.36. The number of allylic oxidation sites excluding steroid dienone is 1. The standard InChI is InChI=1S/C29H28ClN3O3/c1-34-25-10-3-11-26-23(25)18-20(21-8-4-14-31-29(21)35-26)6-5-15-33-16-12-19(13-17-33)27-22-7-2-9-24(30)28(22)36-32-27/h2-4,6-11,14,19H,5,12-13,15-18H2,1H3/b20-6-. The molecule has 1 saturated heterocycles. The van der Waals surface area contributed by atoms with Gasteiger partial charge in [0.15, 0.2) is 5.58 Å². The number of nitrogens with zero attached hydrogens (tertiary/aromatic N) is 3. The Kier molecular flexibility index (Phi) is 6.38. The molecular formula is C29H28ClN3O3. The van der Waals surface area contributed by atoms with Crippen molar-refractivity contribution in [3.8, 4) is 17.4 Å². The van der Waals surface area contributed by atoms with E-state index in [0.717, 1.165) is 79.0 Å². The van der Waals surface area contributed by atoms with E-state index in [2.05, 4.69) is 33.2 Å². The van der Waals surface area contributed by atoms with Gasteiger partial charge in [-0.3, -0.25) is 0 Å². The number of fused-ring (bicyclic) bond motifs is 3. The van der Waals surface area contributed by atoms with Crippen LogP contribution in [0.2, 0.25) is 5.02 Å². The van der Waals surface area contributed by atoms with E-state index < -0.39 is 0 Å². The number of piperidine rings is 1. The molecule has 36 heavy (non-hydrogen) atoms. The molecule has 1 fully saturated rings. The van der Waals surface area contributed by atoms with Crippen molar-refractivity contribution in [2.75, 3.05) is 26.7 Å². The number of methoxy groups -OCH3 is 1. The van der Waals surface area contributed by atoms with Gasteiger partial charge in [0, 0.05) is 41.6 Å². The van der Waals surface area contributed by atoms with Crippen LogP contribution in [-0.2, 0) is 6.42 Å². The first-order chi connectivity index (χ1) is 17.7. The van der Waals surface area contributed by atoms with Crippen LogP contribution in [0.4, 0.5) is 0 Å². The molecule has 4 aromatic rings. The topological polar surface area (TPSA) is 60.6 Å². The van der Waals surface area contributed by atoms with Gasteiger partial charge in [0.05, 0.1) is 17.8 Å². The van der Waals surface area contributed by atoms with Crippen LogP contribution in [0.3, 0.4) is 0 Å². The Morgan fingerprint density at radius 1 is 1.11 bits per heavy atom. The number of benzene rings is 2. The maximum absolute atomic E-state index is 6.27. The summed E-state index contributed by atoms with van der Waals surface area (Å²) in [5, 5.41) is 6.04. The lowest BCUT2D eigenvalue weighted by molar-refractivity contribution is 0.212. The summed E-state index contributed by atoms with van der Waals surface area (Å²) in [6.07, 6.45) is 7.96. The van der Waals surface area contributed by atoms with Gasteiger partial charge in [-0.1, -0.05) is 35.0 Å². The molecule has 0 atom stereocenters. The first-order valence-electron chi connectivity index (χ1n) is 12.5. The normalized spacial score (nSPS) is 17.4. The summed E-state index contributed by atoms with van der Waals surface area (Å²) in [6, 6.07) is 15.8. The second-order valence-corrected chi connectivity index (χ2v) is 9.80. The average Bonchev–Trinajstić information content (AvgIpc) is 3.28. The Balaban J connectivity index is 1.14. The Labute approximate surface area is 215 Å². The lowest BCUT2D eigenvalue weighted by Gasteiger charge is -2.30. The fourth-order valence-corrected chi connectivity index (χ4v) is 5.60. The van der Waals surface area contributed by atoms with Gasteiger partial charge < -0.3 is 18.9 Å². The molecule has 0 radical (unpaired) electrons. The van der Waals surface area contributed by atoms with Crippen molar-refractivity contribution >= 4 is 28.1 Å². The Bertz CT molecular complexity index is 1420. The van der Waals surface area contributed by atoms with E-state index in [4.69, 9.17) is 25.6 Å². The third-order valence-electron chi connectivity index (χ3n) is 7.29. The summed E-state index contributed by atoms with van der Waals surface area (Å²) in [5.74, 6) is 2.70. The molecular weight excluding hydrogens is 474 g/mol. The lowest BCUT2D eigenvalue weighted by atomic mass is 9.91. The molecule has 6 nitrogen and oxygen atoms in total. The second kappa shape index (κ2) is 9.96. The number of halogens is 1. The van der Waals surface area contributed by atoms with E-state index >= 15 is 0 Å². The minimum absolute atomic E-state index is 0.403. The van der Waals surface area contributed by atoms with Crippen LogP contribution in [0.1, 0.15) is 42.0 Å². The number of rotatable bonds is 5. The summed E-state index contributed by atoms with van der Waals surface area (Å²) in [5.41, 5.74) is 5.08. The quantitative estimate of drug-likeness (QED) is 0.297. The van der Waals surface area contributed by atoms with Crippen molar-refractivity contribution in [2.45, 2.75) is 31.6 Å². The maximum Gasteiger partial charge on any atom is 0.226 e. The van der Waals surface area contributed by atoms with Gasteiger partial charge in [-0.05, 0) is 74.3 Å². The number of para-hydroxylation sites is 1. The molecule has 0 saturated carbocycles. The SMILES string of the molecule is COc1cccc2c1C/C(=C/CCN1CCC(c3noc4c(Cl)cccc34)CC1)c1cccnc1O2. The summed E-state index contributed by atoms with van der Waals surface area (Å²) in [6.45, 7) is 3.10. The number of aromatic nitrogens is 2. The molecule has 0 N–H and O–H groups in total.